The second kappa shape index (κ2) is 10.6. The van der Waals surface area contributed by atoms with Crippen LogP contribution in [0.5, 0.6) is 0 Å². The first-order valence-electron chi connectivity index (χ1n) is 14.1. The first-order valence-corrected chi connectivity index (χ1v) is 15.3. The number of anilines is 4. The van der Waals surface area contributed by atoms with Crippen molar-refractivity contribution in [3.63, 3.8) is 0 Å². The van der Waals surface area contributed by atoms with Gasteiger partial charge in [-0.2, -0.15) is 4.98 Å². The summed E-state index contributed by atoms with van der Waals surface area (Å²) in [6.45, 7) is 9.63. The van der Waals surface area contributed by atoms with E-state index in [2.05, 4.69) is 43.9 Å². The maximum Gasteiger partial charge on any atom is 0.410 e. The van der Waals surface area contributed by atoms with Crippen LogP contribution in [0.25, 0.3) is 11.0 Å². The Morgan fingerprint density at radius 1 is 1.07 bits per heavy atom. The Morgan fingerprint density at radius 3 is 2.65 bits per heavy atom. The van der Waals surface area contributed by atoms with Crippen LogP contribution in [0.3, 0.4) is 0 Å². The highest BCUT2D eigenvalue weighted by Crippen LogP contribution is 2.42. The van der Waals surface area contributed by atoms with E-state index in [1.54, 1.807) is 18.1 Å². The summed E-state index contributed by atoms with van der Waals surface area (Å²) in [5, 5.41) is 7.07. The van der Waals surface area contributed by atoms with Gasteiger partial charge in [0.15, 0.2) is 11.6 Å². The highest BCUT2D eigenvalue weighted by Gasteiger charge is 2.46. The quantitative estimate of drug-likeness (QED) is 0.356. The van der Waals surface area contributed by atoms with Gasteiger partial charge in [-0.3, -0.25) is 0 Å². The van der Waals surface area contributed by atoms with Gasteiger partial charge < -0.3 is 25.2 Å². The fourth-order valence-corrected chi connectivity index (χ4v) is 6.14. The summed E-state index contributed by atoms with van der Waals surface area (Å²) < 4.78 is 5.65. The molecule has 1 spiro atoms. The molecule has 1 saturated carbocycles. The number of likely N-dealkylation sites (tertiary alicyclic amines) is 1. The number of fused-ring (bicyclic) bond motifs is 1. The average Bonchev–Trinajstić information content (AvgIpc) is 3.52. The number of nitrogens with zero attached hydrogens (tertiary/aromatic N) is 6. The van der Waals surface area contributed by atoms with Crippen LogP contribution < -0.4 is 15.5 Å². The molecule has 1 aliphatic carbocycles. The zero-order valence-electron chi connectivity index (χ0n) is 23.7. The number of para-hydroxylation sites is 1. The lowest BCUT2D eigenvalue weighted by molar-refractivity contribution is 0.0276. The molecule has 1 aromatic carbocycles. The molecule has 1 unspecified atom stereocenters. The molecule has 2 aromatic heterocycles. The lowest BCUT2D eigenvalue weighted by Gasteiger charge is -2.27. The van der Waals surface area contributed by atoms with E-state index < -0.39 is 5.60 Å². The standard InChI is InChI=1S/C29H38N8O2S/c1-28(2,3)39-27(38)37-14-12-29(17-37)11-13-36(16-29)26-34-23-22(31-18-32-24(23)30-15-19-9-10-19)25(35-26)33-20-7-5-6-8-21(20)40-4/h5-8,18-19H,9-17H2,1-4H3,(H,30,31,32)(H,33,34,35). The second-order valence-electron chi connectivity index (χ2n) is 12.3. The van der Waals surface area contributed by atoms with Gasteiger partial charge in [0.1, 0.15) is 23.0 Å². The van der Waals surface area contributed by atoms with Crippen LogP contribution >= 0.6 is 11.8 Å². The van der Waals surface area contributed by atoms with Crippen LogP contribution in [-0.2, 0) is 4.74 Å². The molecule has 4 heterocycles. The van der Waals surface area contributed by atoms with E-state index in [4.69, 9.17) is 14.7 Å². The molecule has 3 aromatic rings. The summed E-state index contributed by atoms with van der Waals surface area (Å²) in [6, 6.07) is 8.20. The molecule has 212 valence electrons. The Hall–Kier alpha value is -3.34. The van der Waals surface area contributed by atoms with Gasteiger partial charge in [0.05, 0.1) is 5.69 Å². The molecule has 0 bridgehead atoms. The van der Waals surface area contributed by atoms with E-state index in [0.717, 1.165) is 54.4 Å². The van der Waals surface area contributed by atoms with E-state index in [0.29, 0.717) is 36.3 Å². The minimum absolute atomic E-state index is 0.00844. The molecule has 40 heavy (non-hydrogen) atoms. The Labute approximate surface area is 239 Å². The van der Waals surface area contributed by atoms with Gasteiger partial charge in [-0.1, -0.05) is 12.1 Å². The van der Waals surface area contributed by atoms with Crippen LogP contribution in [0.1, 0.15) is 46.5 Å². The summed E-state index contributed by atoms with van der Waals surface area (Å²) in [6.07, 6.45) is 7.85. The van der Waals surface area contributed by atoms with E-state index in [1.165, 1.54) is 12.8 Å². The third kappa shape index (κ3) is 5.75. The molecule has 3 aliphatic rings. The molecule has 6 rings (SSSR count). The number of thioether (sulfide) groups is 1. The van der Waals surface area contributed by atoms with Crippen molar-refractivity contribution >= 4 is 52.2 Å². The number of ether oxygens (including phenoxy) is 1. The predicted octanol–water partition coefficient (Wildman–Crippen LogP) is 5.54. The Balaban J connectivity index is 1.30. The third-order valence-electron chi connectivity index (χ3n) is 7.90. The molecule has 1 atom stereocenters. The van der Waals surface area contributed by atoms with Crippen LogP contribution in [0, 0.1) is 11.3 Å². The number of hydrogen-bond acceptors (Lipinski definition) is 10. The lowest BCUT2D eigenvalue weighted by atomic mass is 9.86. The summed E-state index contributed by atoms with van der Waals surface area (Å²) in [4.78, 5) is 37.2. The molecule has 0 radical (unpaired) electrons. The number of nitrogens with one attached hydrogen (secondary N) is 2. The Bertz CT molecular complexity index is 1410. The van der Waals surface area contributed by atoms with Crippen molar-refractivity contribution in [1.82, 2.24) is 24.8 Å². The molecular formula is C29H38N8O2S. The fraction of sp³-hybridized carbons (Fsp3) is 0.552. The Kier molecular flexibility index (Phi) is 7.10. The minimum atomic E-state index is -0.501. The first kappa shape index (κ1) is 26.9. The SMILES string of the molecule is CSc1ccccc1Nc1nc(N2CCC3(CCN(C(=O)OC(C)(C)C)C3)C2)nc2c(NCC3CC3)ncnc12. The molecule has 2 aliphatic heterocycles. The molecule has 3 fully saturated rings. The first-order chi connectivity index (χ1) is 19.2. The van der Waals surface area contributed by atoms with Crippen LogP contribution in [0.15, 0.2) is 35.5 Å². The molecule has 11 heteroatoms. The number of hydrogen-bond donors (Lipinski definition) is 2. The monoisotopic (exact) mass is 562 g/mol. The summed E-state index contributed by atoms with van der Waals surface area (Å²) >= 11 is 1.69. The third-order valence-corrected chi connectivity index (χ3v) is 8.69. The van der Waals surface area contributed by atoms with Crippen molar-refractivity contribution in [2.75, 3.05) is 54.5 Å². The summed E-state index contributed by atoms with van der Waals surface area (Å²) in [5.41, 5.74) is 1.90. The number of aromatic nitrogens is 4. The molecule has 2 N–H and O–H groups in total. The molecule has 10 nitrogen and oxygen atoms in total. The van der Waals surface area contributed by atoms with E-state index >= 15 is 0 Å². The smallest absolute Gasteiger partial charge is 0.410 e. The maximum atomic E-state index is 12.8. The number of carbonyl (C=O) groups is 1. The predicted molar refractivity (Wildman–Crippen MR) is 160 cm³/mol. The van der Waals surface area contributed by atoms with Gasteiger partial charge in [0, 0.05) is 43.0 Å². The van der Waals surface area contributed by atoms with Crippen LogP contribution in [-0.4, -0.2) is 75.5 Å². The Morgan fingerprint density at radius 2 is 1.88 bits per heavy atom. The van der Waals surface area contributed by atoms with E-state index in [-0.39, 0.29) is 11.5 Å². The van der Waals surface area contributed by atoms with Crippen LogP contribution in [0.2, 0.25) is 0 Å². The average molecular weight is 563 g/mol. The molecular weight excluding hydrogens is 524 g/mol. The van der Waals surface area contributed by atoms with Gasteiger partial charge in [-0.05, 0) is 70.8 Å². The fourth-order valence-electron chi connectivity index (χ4n) is 5.59. The zero-order valence-corrected chi connectivity index (χ0v) is 24.6. The normalized spacial score (nSPS) is 20.9. The number of carbonyl (C=O) groups excluding carboxylic acids is 1. The van der Waals surface area contributed by atoms with Crippen molar-refractivity contribution in [3.05, 3.63) is 30.6 Å². The zero-order chi connectivity index (χ0) is 27.9. The summed E-state index contributed by atoms with van der Waals surface area (Å²) in [5.74, 6) is 2.77. The van der Waals surface area contributed by atoms with Gasteiger partial charge in [-0.15, -0.1) is 11.8 Å². The van der Waals surface area contributed by atoms with Gasteiger partial charge in [0.25, 0.3) is 0 Å². The van der Waals surface area contributed by atoms with Crippen molar-refractivity contribution in [2.24, 2.45) is 11.3 Å². The van der Waals surface area contributed by atoms with E-state index in [9.17, 15) is 4.79 Å². The summed E-state index contributed by atoms with van der Waals surface area (Å²) in [7, 11) is 0. The van der Waals surface area contributed by atoms with Crippen LogP contribution in [0.4, 0.5) is 28.1 Å². The minimum Gasteiger partial charge on any atom is -0.444 e. The highest BCUT2D eigenvalue weighted by atomic mass is 32.2. The highest BCUT2D eigenvalue weighted by molar-refractivity contribution is 7.98. The molecule has 2 saturated heterocycles. The van der Waals surface area contributed by atoms with Gasteiger partial charge >= 0.3 is 6.09 Å². The van der Waals surface area contributed by atoms with E-state index in [1.807, 2.05) is 37.8 Å². The van der Waals surface area contributed by atoms with Gasteiger partial charge in [0.2, 0.25) is 5.95 Å². The van der Waals surface area contributed by atoms with Crippen molar-refractivity contribution < 1.29 is 9.53 Å². The second-order valence-corrected chi connectivity index (χ2v) is 13.1. The lowest BCUT2D eigenvalue weighted by Crippen LogP contribution is -2.37. The largest absolute Gasteiger partial charge is 0.444 e. The van der Waals surface area contributed by atoms with Gasteiger partial charge in [-0.25, -0.2) is 19.7 Å². The number of rotatable bonds is 7. The molecule has 1 amide bonds. The van der Waals surface area contributed by atoms with Crippen molar-refractivity contribution in [1.29, 1.82) is 0 Å². The number of amides is 1. The maximum absolute atomic E-state index is 12.8. The van der Waals surface area contributed by atoms with Crippen molar-refractivity contribution in [2.45, 2.75) is 57.0 Å². The number of benzene rings is 1. The topological polar surface area (TPSA) is 108 Å². The van der Waals surface area contributed by atoms with Crippen molar-refractivity contribution in [3.8, 4) is 0 Å².